The highest BCUT2D eigenvalue weighted by Crippen LogP contribution is 2.63. The van der Waals surface area contributed by atoms with E-state index in [0.29, 0.717) is 5.41 Å². The summed E-state index contributed by atoms with van der Waals surface area (Å²) in [5.74, 6) is 4.37. The maximum atomic E-state index is 9.91. The van der Waals surface area contributed by atoms with Crippen LogP contribution < -0.4 is 0 Å². The van der Waals surface area contributed by atoms with Crippen LogP contribution in [0.1, 0.15) is 58.3 Å². The van der Waals surface area contributed by atoms with Gasteiger partial charge < -0.3 is 5.11 Å². The molecule has 0 amide bonds. The summed E-state index contributed by atoms with van der Waals surface area (Å²) in [5, 5.41) is 9.91. The number of hydrogen-bond donors (Lipinski definition) is 1. The molecule has 0 radical (unpaired) electrons. The third-order valence-corrected chi connectivity index (χ3v) is 7.79. The molecule has 0 bridgehead atoms. The lowest BCUT2D eigenvalue weighted by atomic mass is 9.51. The molecule has 3 saturated carbocycles. The van der Waals surface area contributed by atoms with Gasteiger partial charge in [-0.2, -0.15) is 0 Å². The molecule has 1 heteroatoms. The summed E-state index contributed by atoms with van der Waals surface area (Å²) in [6.45, 7) is 6.68. The van der Waals surface area contributed by atoms with Gasteiger partial charge in [0.05, 0.1) is 6.10 Å². The summed E-state index contributed by atoms with van der Waals surface area (Å²) >= 11 is 0. The van der Waals surface area contributed by atoms with Gasteiger partial charge in [0, 0.05) is 0 Å². The highest BCUT2D eigenvalue weighted by Gasteiger charge is 2.55. The van der Waals surface area contributed by atoms with Crippen molar-refractivity contribution in [3.8, 4) is 0 Å². The molecule has 1 nitrogen and oxygen atoms in total. The molecule has 3 fully saturated rings. The van der Waals surface area contributed by atoms with Gasteiger partial charge in [-0.05, 0) is 86.4 Å². The van der Waals surface area contributed by atoms with E-state index in [1.165, 1.54) is 44.9 Å². The Morgan fingerprint density at radius 1 is 1.14 bits per heavy atom. The van der Waals surface area contributed by atoms with Gasteiger partial charge in [0.1, 0.15) is 0 Å². The van der Waals surface area contributed by atoms with Crippen LogP contribution in [0.15, 0.2) is 24.3 Å². The van der Waals surface area contributed by atoms with Crippen molar-refractivity contribution in [2.75, 3.05) is 0 Å². The molecule has 0 aromatic carbocycles. The molecule has 1 N–H and O–H groups in total. The molecule has 4 aliphatic carbocycles. The normalized spacial score (nSPS) is 52.4. The second-order valence-electron chi connectivity index (χ2n) is 8.43. The van der Waals surface area contributed by atoms with Crippen LogP contribution in [-0.4, -0.2) is 11.2 Å². The minimum atomic E-state index is -0.154. The summed E-state index contributed by atoms with van der Waals surface area (Å²) in [6, 6.07) is 0. The summed E-state index contributed by atoms with van der Waals surface area (Å²) in [5.41, 5.74) is 2.15. The molecule has 116 valence electrons. The van der Waals surface area contributed by atoms with Crippen LogP contribution in [-0.2, 0) is 0 Å². The van der Waals surface area contributed by atoms with E-state index < -0.39 is 0 Å². The third kappa shape index (κ3) is 2.00. The lowest BCUT2D eigenvalue weighted by Gasteiger charge is -2.54. The molecule has 4 rings (SSSR count). The summed E-state index contributed by atoms with van der Waals surface area (Å²) in [7, 11) is 0. The smallest absolute Gasteiger partial charge is 0.0723 e. The van der Waals surface area contributed by atoms with E-state index in [-0.39, 0.29) is 6.10 Å². The van der Waals surface area contributed by atoms with E-state index in [2.05, 4.69) is 25.7 Å². The zero-order chi connectivity index (χ0) is 14.6. The summed E-state index contributed by atoms with van der Waals surface area (Å²) in [6.07, 6.45) is 14.8. The largest absolute Gasteiger partial charge is 0.389 e. The standard InChI is InChI=1S/C20H30O/c1-3-14-5-9-19-18-7-4-13-12-15(21)6-8-16(13)17(18)10-11-20(14,19)2/h3,12,14-19,21H,1,4-11H2,2H3/t14-,15-,16-,17?,18?,19?,20+/m0/s1. The Bertz CT molecular complexity index is 464. The van der Waals surface area contributed by atoms with Gasteiger partial charge in [-0.1, -0.05) is 24.6 Å². The third-order valence-electron chi connectivity index (χ3n) is 7.79. The Kier molecular flexibility index (Phi) is 3.33. The van der Waals surface area contributed by atoms with Gasteiger partial charge in [0.2, 0.25) is 0 Å². The van der Waals surface area contributed by atoms with Crippen LogP contribution in [0.5, 0.6) is 0 Å². The molecular formula is C20H30O. The Hall–Kier alpha value is -0.560. The number of fused-ring (bicyclic) bond motifs is 5. The SMILES string of the molecule is C=C[C@H]1CCC2C3CCC4=C[C@@H](O)CC[C@@H]4C3CC[C@@]21C. The van der Waals surface area contributed by atoms with E-state index in [0.717, 1.165) is 36.0 Å². The Labute approximate surface area is 129 Å². The van der Waals surface area contributed by atoms with Crippen LogP contribution >= 0.6 is 0 Å². The number of rotatable bonds is 1. The van der Waals surface area contributed by atoms with Crippen molar-refractivity contribution in [3.05, 3.63) is 24.3 Å². The van der Waals surface area contributed by atoms with Crippen molar-refractivity contribution in [2.45, 2.75) is 64.4 Å². The number of aliphatic hydroxyl groups is 1. The van der Waals surface area contributed by atoms with Crippen molar-refractivity contribution in [2.24, 2.45) is 35.0 Å². The highest BCUT2D eigenvalue weighted by molar-refractivity contribution is 5.20. The fraction of sp³-hybridized carbons (Fsp3) is 0.800. The Balaban J connectivity index is 1.61. The van der Waals surface area contributed by atoms with Crippen LogP contribution in [0.4, 0.5) is 0 Å². The number of hydrogen-bond acceptors (Lipinski definition) is 1. The van der Waals surface area contributed by atoms with Crippen LogP contribution in [0.2, 0.25) is 0 Å². The average Bonchev–Trinajstić information content (AvgIpc) is 2.83. The van der Waals surface area contributed by atoms with Gasteiger partial charge in [0.25, 0.3) is 0 Å². The van der Waals surface area contributed by atoms with E-state index in [4.69, 9.17) is 0 Å². The number of allylic oxidation sites excluding steroid dienone is 2. The summed E-state index contributed by atoms with van der Waals surface area (Å²) < 4.78 is 0. The second kappa shape index (κ2) is 4.98. The van der Waals surface area contributed by atoms with Crippen molar-refractivity contribution >= 4 is 0 Å². The first-order chi connectivity index (χ1) is 10.1. The van der Waals surface area contributed by atoms with Crippen molar-refractivity contribution < 1.29 is 5.11 Å². The maximum absolute atomic E-state index is 9.91. The molecule has 0 saturated heterocycles. The first-order valence-electron chi connectivity index (χ1n) is 9.14. The predicted octanol–water partition coefficient (Wildman–Crippen LogP) is 4.72. The summed E-state index contributed by atoms with van der Waals surface area (Å²) in [4.78, 5) is 0. The highest BCUT2D eigenvalue weighted by atomic mass is 16.3. The molecule has 21 heavy (non-hydrogen) atoms. The van der Waals surface area contributed by atoms with Crippen molar-refractivity contribution in [1.29, 1.82) is 0 Å². The lowest BCUT2D eigenvalue weighted by molar-refractivity contribution is -0.0167. The van der Waals surface area contributed by atoms with Gasteiger partial charge in [-0.3, -0.25) is 0 Å². The molecule has 0 aromatic rings. The van der Waals surface area contributed by atoms with Crippen LogP contribution in [0.25, 0.3) is 0 Å². The van der Waals surface area contributed by atoms with Crippen LogP contribution in [0.3, 0.4) is 0 Å². The van der Waals surface area contributed by atoms with E-state index >= 15 is 0 Å². The molecule has 0 aromatic heterocycles. The van der Waals surface area contributed by atoms with Crippen molar-refractivity contribution in [1.82, 2.24) is 0 Å². The Morgan fingerprint density at radius 3 is 2.81 bits per heavy atom. The first-order valence-corrected chi connectivity index (χ1v) is 9.14. The molecule has 4 aliphatic rings. The molecule has 7 atom stereocenters. The monoisotopic (exact) mass is 286 g/mol. The Morgan fingerprint density at radius 2 is 2.00 bits per heavy atom. The van der Waals surface area contributed by atoms with E-state index in [1.807, 2.05) is 0 Å². The minimum Gasteiger partial charge on any atom is -0.389 e. The van der Waals surface area contributed by atoms with E-state index in [1.54, 1.807) is 5.57 Å². The molecule has 3 unspecified atom stereocenters. The first kappa shape index (κ1) is 14.1. The van der Waals surface area contributed by atoms with Gasteiger partial charge in [0.15, 0.2) is 0 Å². The fourth-order valence-electron chi connectivity index (χ4n) is 6.74. The number of aliphatic hydroxyl groups excluding tert-OH is 1. The molecular weight excluding hydrogens is 256 g/mol. The quantitative estimate of drug-likeness (QED) is 0.691. The van der Waals surface area contributed by atoms with Gasteiger partial charge >= 0.3 is 0 Å². The minimum absolute atomic E-state index is 0.154. The molecule has 0 spiro atoms. The average molecular weight is 286 g/mol. The van der Waals surface area contributed by atoms with Crippen molar-refractivity contribution in [3.63, 3.8) is 0 Å². The predicted molar refractivity (Wildman–Crippen MR) is 86.8 cm³/mol. The topological polar surface area (TPSA) is 20.2 Å². The maximum Gasteiger partial charge on any atom is 0.0723 e. The lowest BCUT2D eigenvalue weighted by Crippen LogP contribution is -2.46. The second-order valence-corrected chi connectivity index (χ2v) is 8.43. The molecule has 0 heterocycles. The van der Waals surface area contributed by atoms with Crippen LogP contribution in [0, 0.1) is 35.0 Å². The zero-order valence-electron chi connectivity index (χ0n) is 13.4. The molecule has 0 aliphatic heterocycles. The van der Waals surface area contributed by atoms with E-state index in [9.17, 15) is 5.11 Å². The zero-order valence-corrected chi connectivity index (χ0v) is 13.4. The van der Waals surface area contributed by atoms with Gasteiger partial charge in [-0.25, -0.2) is 0 Å². The van der Waals surface area contributed by atoms with Gasteiger partial charge in [-0.15, -0.1) is 6.58 Å². The fourth-order valence-corrected chi connectivity index (χ4v) is 6.74.